The summed E-state index contributed by atoms with van der Waals surface area (Å²) in [5.74, 6) is 0.154. The highest BCUT2D eigenvalue weighted by molar-refractivity contribution is 5.91. The minimum Gasteiger partial charge on any atom is -0.459 e. The molecule has 0 saturated heterocycles. The molecule has 1 aromatic carbocycles. The van der Waals surface area contributed by atoms with Crippen LogP contribution in [0.3, 0.4) is 0 Å². The molecule has 0 radical (unpaired) electrons. The third-order valence-electron chi connectivity index (χ3n) is 3.64. The molecular weight excluding hydrogens is 278 g/mol. The zero-order chi connectivity index (χ0) is 15.5. The smallest absolute Gasteiger partial charge is 0.286 e. The molecule has 3 rings (SSSR count). The van der Waals surface area contributed by atoms with Gasteiger partial charge in [0, 0.05) is 12.6 Å². The molecule has 22 heavy (non-hydrogen) atoms. The average molecular weight is 297 g/mol. The van der Waals surface area contributed by atoms with Crippen LogP contribution in [0.5, 0.6) is 0 Å². The lowest BCUT2D eigenvalue weighted by Crippen LogP contribution is -2.25. The van der Waals surface area contributed by atoms with Gasteiger partial charge in [-0.05, 0) is 50.1 Å². The van der Waals surface area contributed by atoms with Crippen LogP contribution in [0.1, 0.15) is 36.0 Å². The van der Waals surface area contributed by atoms with E-state index >= 15 is 0 Å². The van der Waals surface area contributed by atoms with E-state index in [-0.39, 0.29) is 5.91 Å². The van der Waals surface area contributed by atoms with Gasteiger partial charge in [0.1, 0.15) is 0 Å². The Labute approximate surface area is 129 Å². The van der Waals surface area contributed by atoms with Crippen LogP contribution >= 0.6 is 0 Å². The fourth-order valence-corrected chi connectivity index (χ4v) is 2.46. The number of aromatic nitrogens is 2. The second-order valence-electron chi connectivity index (χ2n) is 5.55. The van der Waals surface area contributed by atoms with Gasteiger partial charge in [-0.25, -0.2) is 4.98 Å². The molecule has 114 valence electrons. The number of imidazole rings is 1. The van der Waals surface area contributed by atoms with Gasteiger partial charge in [-0.2, -0.15) is 0 Å². The Balaban J connectivity index is 1.63. The Bertz CT molecular complexity index is 772. The van der Waals surface area contributed by atoms with Crippen molar-refractivity contribution in [1.82, 2.24) is 14.9 Å². The summed E-state index contributed by atoms with van der Waals surface area (Å²) < 4.78 is 7.21. The van der Waals surface area contributed by atoms with Crippen molar-refractivity contribution in [2.75, 3.05) is 6.54 Å². The standard InChI is InChI=1S/C17H19N3O2/c1-12(2)20-11-19-14-10-13(5-6-15(14)20)7-8-18-17(21)16-4-3-9-22-16/h3-6,9-12H,7-8H2,1-2H3,(H,18,21). The summed E-state index contributed by atoms with van der Waals surface area (Å²) in [7, 11) is 0. The molecule has 5 heteroatoms. The maximum Gasteiger partial charge on any atom is 0.286 e. The first kappa shape index (κ1) is 14.4. The molecule has 0 saturated carbocycles. The molecule has 0 spiro atoms. The van der Waals surface area contributed by atoms with Crippen LogP contribution in [0.15, 0.2) is 47.3 Å². The van der Waals surface area contributed by atoms with Gasteiger partial charge in [-0.3, -0.25) is 4.79 Å². The Kier molecular flexibility index (Phi) is 3.96. The fourth-order valence-electron chi connectivity index (χ4n) is 2.46. The summed E-state index contributed by atoms with van der Waals surface area (Å²) >= 11 is 0. The van der Waals surface area contributed by atoms with Crippen molar-refractivity contribution in [2.45, 2.75) is 26.3 Å². The molecule has 2 heterocycles. The lowest BCUT2D eigenvalue weighted by atomic mass is 10.1. The average Bonchev–Trinajstić information content (AvgIpc) is 3.16. The Morgan fingerprint density at radius 2 is 2.23 bits per heavy atom. The van der Waals surface area contributed by atoms with Crippen LogP contribution in [0.4, 0.5) is 0 Å². The van der Waals surface area contributed by atoms with Crippen molar-refractivity contribution in [2.24, 2.45) is 0 Å². The number of hydrogen-bond acceptors (Lipinski definition) is 3. The molecule has 0 aliphatic carbocycles. The molecule has 1 amide bonds. The number of nitrogens with one attached hydrogen (secondary N) is 1. The third kappa shape index (κ3) is 2.88. The number of hydrogen-bond donors (Lipinski definition) is 1. The van der Waals surface area contributed by atoms with Gasteiger partial charge in [0.2, 0.25) is 0 Å². The minimum atomic E-state index is -0.185. The maximum absolute atomic E-state index is 11.8. The number of nitrogens with zero attached hydrogens (tertiary/aromatic N) is 2. The fraction of sp³-hybridized carbons (Fsp3) is 0.294. The number of carbonyl (C=O) groups is 1. The molecule has 1 N–H and O–H groups in total. The highest BCUT2D eigenvalue weighted by Crippen LogP contribution is 2.18. The van der Waals surface area contributed by atoms with E-state index in [9.17, 15) is 4.79 Å². The first-order valence-corrected chi connectivity index (χ1v) is 7.42. The predicted octanol–water partition coefficient (Wildman–Crippen LogP) is 3.18. The zero-order valence-corrected chi connectivity index (χ0v) is 12.7. The summed E-state index contributed by atoms with van der Waals surface area (Å²) in [6.07, 6.45) is 4.13. The number of fused-ring (bicyclic) bond motifs is 1. The van der Waals surface area contributed by atoms with Gasteiger partial charge in [0.25, 0.3) is 5.91 Å². The van der Waals surface area contributed by atoms with E-state index in [1.807, 2.05) is 6.33 Å². The maximum atomic E-state index is 11.8. The van der Waals surface area contributed by atoms with E-state index in [1.165, 1.54) is 6.26 Å². The van der Waals surface area contributed by atoms with E-state index in [2.05, 4.69) is 46.9 Å². The number of rotatable bonds is 5. The van der Waals surface area contributed by atoms with Gasteiger partial charge >= 0.3 is 0 Å². The van der Waals surface area contributed by atoms with Crippen molar-refractivity contribution in [3.05, 3.63) is 54.2 Å². The van der Waals surface area contributed by atoms with Gasteiger partial charge in [-0.15, -0.1) is 0 Å². The quantitative estimate of drug-likeness (QED) is 0.787. The molecule has 2 aromatic heterocycles. The normalized spacial score (nSPS) is 11.2. The summed E-state index contributed by atoms with van der Waals surface area (Å²) in [6, 6.07) is 10.00. The number of furan rings is 1. The number of amides is 1. The van der Waals surface area contributed by atoms with Crippen LogP contribution in [0, 0.1) is 0 Å². The number of benzene rings is 1. The van der Waals surface area contributed by atoms with Crippen LogP contribution < -0.4 is 5.32 Å². The number of carbonyl (C=O) groups excluding carboxylic acids is 1. The van der Waals surface area contributed by atoms with Gasteiger partial charge < -0.3 is 14.3 Å². The summed E-state index contributed by atoms with van der Waals surface area (Å²) in [6.45, 7) is 4.84. The predicted molar refractivity (Wildman–Crippen MR) is 84.9 cm³/mol. The largest absolute Gasteiger partial charge is 0.459 e. The van der Waals surface area contributed by atoms with E-state index in [0.29, 0.717) is 18.3 Å². The van der Waals surface area contributed by atoms with Crippen LogP contribution in [-0.2, 0) is 6.42 Å². The van der Waals surface area contributed by atoms with Crippen LogP contribution in [0.2, 0.25) is 0 Å². The van der Waals surface area contributed by atoms with Crippen molar-refractivity contribution >= 4 is 16.9 Å². The molecular formula is C17H19N3O2. The topological polar surface area (TPSA) is 60.1 Å². The summed E-state index contributed by atoms with van der Waals surface area (Å²) in [5.41, 5.74) is 3.28. The van der Waals surface area contributed by atoms with E-state index in [1.54, 1.807) is 12.1 Å². The van der Waals surface area contributed by atoms with Crippen molar-refractivity contribution in [3.8, 4) is 0 Å². The van der Waals surface area contributed by atoms with Crippen molar-refractivity contribution < 1.29 is 9.21 Å². The van der Waals surface area contributed by atoms with Crippen molar-refractivity contribution in [3.63, 3.8) is 0 Å². The molecule has 0 atom stereocenters. The van der Waals surface area contributed by atoms with Gasteiger partial charge in [-0.1, -0.05) is 6.07 Å². The second-order valence-corrected chi connectivity index (χ2v) is 5.55. The summed E-state index contributed by atoms with van der Waals surface area (Å²) in [4.78, 5) is 16.2. The monoisotopic (exact) mass is 297 g/mol. The van der Waals surface area contributed by atoms with Crippen LogP contribution in [-0.4, -0.2) is 22.0 Å². The zero-order valence-electron chi connectivity index (χ0n) is 12.7. The van der Waals surface area contributed by atoms with E-state index in [4.69, 9.17) is 4.42 Å². The Morgan fingerprint density at radius 1 is 1.36 bits per heavy atom. The lowest BCUT2D eigenvalue weighted by Gasteiger charge is -2.08. The molecule has 0 fully saturated rings. The highest BCUT2D eigenvalue weighted by Gasteiger charge is 2.08. The lowest BCUT2D eigenvalue weighted by molar-refractivity contribution is 0.0926. The molecule has 0 aliphatic rings. The minimum absolute atomic E-state index is 0.185. The molecule has 0 unspecified atom stereocenters. The first-order valence-electron chi connectivity index (χ1n) is 7.42. The van der Waals surface area contributed by atoms with Crippen LogP contribution in [0.25, 0.3) is 11.0 Å². The van der Waals surface area contributed by atoms with Gasteiger partial charge in [0.05, 0.1) is 23.6 Å². The SMILES string of the molecule is CC(C)n1cnc2cc(CCNC(=O)c3ccco3)ccc21. The molecule has 3 aromatic rings. The third-order valence-corrected chi connectivity index (χ3v) is 3.64. The molecule has 0 aliphatic heterocycles. The Hall–Kier alpha value is -2.56. The van der Waals surface area contributed by atoms with Gasteiger partial charge in [0.15, 0.2) is 5.76 Å². The Morgan fingerprint density at radius 3 is 2.95 bits per heavy atom. The van der Waals surface area contributed by atoms with Crippen molar-refractivity contribution in [1.29, 1.82) is 0 Å². The molecule has 5 nitrogen and oxygen atoms in total. The molecule has 0 bridgehead atoms. The second kappa shape index (κ2) is 6.05. The summed E-state index contributed by atoms with van der Waals surface area (Å²) in [5, 5.41) is 2.85. The highest BCUT2D eigenvalue weighted by atomic mass is 16.3. The first-order chi connectivity index (χ1) is 10.6. The van der Waals surface area contributed by atoms with E-state index < -0.39 is 0 Å². The van der Waals surface area contributed by atoms with E-state index in [0.717, 1.165) is 23.0 Å².